The van der Waals surface area contributed by atoms with Crippen LogP contribution in [0, 0.1) is 6.92 Å². The van der Waals surface area contributed by atoms with E-state index >= 15 is 0 Å². The third-order valence-corrected chi connectivity index (χ3v) is 4.52. The molecular formula is C17H20N2O3S. The molecule has 2 aromatic rings. The van der Waals surface area contributed by atoms with E-state index in [1.165, 1.54) is 11.3 Å². The molecule has 5 nitrogen and oxygen atoms in total. The number of anilines is 1. The highest BCUT2D eigenvalue weighted by Gasteiger charge is 2.16. The smallest absolute Gasteiger partial charge is 0.229 e. The van der Waals surface area contributed by atoms with Crippen LogP contribution in [0.2, 0.25) is 0 Å². The van der Waals surface area contributed by atoms with E-state index in [1.54, 1.807) is 11.7 Å². The van der Waals surface area contributed by atoms with E-state index in [2.05, 4.69) is 10.3 Å². The van der Waals surface area contributed by atoms with Crippen LogP contribution in [0.5, 0.6) is 5.75 Å². The van der Waals surface area contributed by atoms with Gasteiger partial charge in [0, 0.05) is 29.6 Å². The average Bonchev–Trinajstić information content (AvgIpc) is 3.04. The van der Waals surface area contributed by atoms with Gasteiger partial charge in [-0.15, -0.1) is 11.3 Å². The van der Waals surface area contributed by atoms with Crippen LogP contribution in [-0.4, -0.2) is 30.2 Å². The summed E-state index contributed by atoms with van der Waals surface area (Å²) >= 11 is 1.48. The first-order valence-electron chi connectivity index (χ1n) is 7.73. The van der Waals surface area contributed by atoms with Crippen molar-refractivity contribution in [1.82, 2.24) is 4.98 Å². The van der Waals surface area contributed by atoms with E-state index in [9.17, 15) is 4.79 Å². The highest BCUT2D eigenvalue weighted by Crippen LogP contribution is 2.25. The molecule has 0 spiro atoms. The van der Waals surface area contributed by atoms with Gasteiger partial charge >= 0.3 is 0 Å². The van der Waals surface area contributed by atoms with Gasteiger partial charge in [-0.2, -0.15) is 0 Å². The molecule has 1 aliphatic rings. The second kappa shape index (κ2) is 7.57. The number of aromatic nitrogens is 1. The first-order valence-corrected chi connectivity index (χ1v) is 8.61. The fourth-order valence-electron chi connectivity index (χ4n) is 2.53. The molecule has 0 saturated carbocycles. The summed E-state index contributed by atoms with van der Waals surface area (Å²) in [6.45, 7) is 3.51. The van der Waals surface area contributed by atoms with Crippen LogP contribution in [0.1, 0.15) is 23.3 Å². The van der Waals surface area contributed by atoms with Gasteiger partial charge < -0.3 is 14.8 Å². The summed E-state index contributed by atoms with van der Waals surface area (Å²) < 4.78 is 11.4. The minimum atomic E-state index is -0.0354. The number of thiazole rings is 1. The van der Waals surface area contributed by atoms with Gasteiger partial charge in [0.25, 0.3) is 0 Å². The van der Waals surface area contributed by atoms with E-state index in [0.717, 1.165) is 47.9 Å². The molecule has 6 heteroatoms. The number of rotatable bonds is 5. The lowest BCUT2D eigenvalue weighted by Gasteiger charge is -2.24. The van der Waals surface area contributed by atoms with Crippen LogP contribution in [0.3, 0.4) is 0 Å². The first-order chi connectivity index (χ1) is 11.2. The van der Waals surface area contributed by atoms with Crippen LogP contribution in [0.4, 0.5) is 5.69 Å². The lowest BCUT2D eigenvalue weighted by Crippen LogP contribution is -2.26. The largest absolute Gasteiger partial charge is 0.490 e. The van der Waals surface area contributed by atoms with Crippen LogP contribution in [-0.2, 0) is 16.0 Å². The topological polar surface area (TPSA) is 60.5 Å². The van der Waals surface area contributed by atoms with Gasteiger partial charge in [0.1, 0.15) is 11.9 Å². The van der Waals surface area contributed by atoms with E-state index in [1.807, 2.05) is 25.1 Å². The molecule has 0 bridgehead atoms. The lowest BCUT2D eigenvalue weighted by atomic mass is 10.1. The molecular weight excluding hydrogens is 312 g/mol. The van der Waals surface area contributed by atoms with E-state index < -0.39 is 0 Å². The van der Waals surface area contributed by atoms with Crippen molar-refractivity contribution in [2.45, 2.75) is 32.3 Å². The maximum atomic E-state index is 12.0. The van der Waals surface area contributed by atoms with Gasteiger partial charge in [-0.3, -0.25) is 9.78 Å². The summed E-state index contributed by atoms with van der Waals surface area (Å²) in [6, 6.07) is 5.75. The molecule has 1 aliphatic heterocycles. The zero-order chi connectivity index (χ0) is 16.1. The van der Waals surface area contributed by atoms with Gasteiger partial charge in [-0.05, 0) is 30.7 Å². The van der Waals surface area contributed by atoms with Crippen molar-refractivity contribution in [3.05, 3.63) is 40.3 Å². The zero-order valence-corrected chi connectivity index (χ0v) is 13.9. The van der Waals surface area contributed by atoms with Crippen LogP contribution < -0.4 is 10.1 Å². The maximum absolute atomic E-state index is 12.0. The summed E-state index contributed by atoms with van der Waals surface area (Å²) in [4.78, 5) is 16.9. The summed E-state index contributed by atoms with van der Waals surface area (Å²) in [7, 11) is 0. The molecule has 0 unspecified atom stereocenters. The first kappa shape index (κ1) is 16.0. The summed E-state index contributed by atoms with van der Waals surface area (Å²) in [5.74, 6) is 0.837. The molecule has 0 radical (unpaired) electrons. The highest BCUT2D eigenvalue weighted by atomic mass is 32.1. The Hall–Kier alpha value is -1.92. The molecule has 1 aromatic carbocycles. The number of hydrogen-bond donors (Lipinski definition) is 1. The van der Waals surface area contributed by atoms with Crippen molar-refractivity contribution >= 4 is 22.9 Å². The van der Waals surface area contributed by atoms with E-state index in [-0.39, 0.29) is 12.0 Å². The van der Waals surface area contributed by atoms with Crippen LogP contribution in [0.25, 0.3) is 0 Å². The molecule has 1 aromatic heterocycles. The predicted molar refractivity (Wildman–Crippen MR) is 90.1 cm³/mol. The molecule has 1 N–H and O–H groups in total. The molecule has 2 heterocycles. The Balaban J connectivity index is 1.58. The number of carbonyl (C=O) groups excluding carboxylic acids is 1. The number of carbonyl (C=O) groups is 1. The Morgan fingerprint density at radius 3 is 2.96 bits per heavy atom. The molecule has 1 fully saturated rings. The van der Waals surface area contributed by atoms with Crippen LogP contribution >= 0.6 is 11.3 Å². The minimum Gasteiger partial charge on any atom is -0.490 e. The molecule has 0 atom stereocenters. The molecule has 1 saturated heterocycles. The Bertz CT molecular complexity index is 652. The van der Waals surface area contributed by atoms with Crippen molar-refractivity contribution in [3.63, 3.8) is 0 Å². The lowest BCUT2D eigenvalue weighted by molar-refractivity contribution is -0.115. The fraction of sp³-hybridized carbons (Fsp3) is 0.412. The molecule has 3 rings (SSSR count). The average molecular weight is 332 g/mol. The minimum absolute atomic E-state index is 0.0354. The zero-order valence-electron chi connectivity index (χ0n) is 13.1. The molecule has 0 aliphatic carbocycles. The second-order valence-corrected chi connectivity index (χ2v) is 6.57. The van der Waals surface area contributed by atoms with E-state index in [0.29, 0.717) is 6.42 Å². The van der Waals surface area contributed by atoms with Gasteiger partial charge in [0.05, 0.1) is 25.1 Å². The fourth-order valence-corrected chi connectivity index (χ4v) is 3.12. The Morgan fingerprint density at radius 1 is 1.43 bits per heavy atom. The quantitative estimate of drug-likeness (QED) is 0.913. The number of amides is 1. The maximum Gasteiger partial charge on any atom is 0.229 e. The molecule has 1 amide bonds. The van der Waals surface area contributed by atoms with E-state index in [4.69, 9.17) is 9.47 Å². The van der Waals surface area contributed by atoms with Crippen molar-refractivity contribution in [2.24, 2.45) is 0 Å². The van der Waals surface area contributed by atoms with Gasteiger partial charge in [-0.1, -0.05) is 0 Å². The van der Waals surface area contributed by atoms with Gasteiger partial charge in [0.2, 0.25) is 5.91 Å². The number of benzene rings is 1. The monoisotopic (exact) mass is 332 g/mol. The third-order valence-electron chi connectivity index (χ3n) is 3.74. The predicted octanol–water partition coefficient (Wildman–Crippen LogP) is 3.19. The second-order valence-electron chi connectivity index (χ2n) is 5.60. The highest BCUT2D eigenvalue weighted by molar-refractivity contribution is 7.09. The van der Waals surface area contributed by atoms with Crippen molar-refractivity contribution in [3.8, 4) is 5.75 Å². The third kappa shape index (κ3) is 4.53. The number of nitrogens with zero attached hydrogens (tertiary/aromatic N) is 1. The molecule has 23 heavy (non-hydrogen) atoms. The Labute approximate surface area is 139 Å². The summed E-state index contributed by atoms with van der Waals surface area (Å²) in [5, 5.41) is 2.92. The van der Waals surface area contributed by atoms with Gasteiger partial charge in [0.15, 0.2) is 0 Å². The SMILES string of the molecule is Cc1cc(NC(=O)Cc2cncs2)ccc1OC1CCOCC1. The normalized spacial score (nSPS) is 15.3. The number of aryl methyl sites for hydroxylation is 1. The summed E-state index contributed by atoms with van der Waals surface area (Å²) in [5.41, 5.74) is 3.54. The number of hydrogen-bond acceptors (Lipinski definition) is 5. The Kier molecular flexibility index (Phi) is 5.25. The standard InChI is InChI=1S/C17H20N2O3S/c1-12-8-13(19-17(20)9-15-10-18-11-23-15)2-3-16(12)22-14-4-6-21-7-5-14/h2-3,8,10-11,14H,4-7,9H2,1H3,(H,19,20). The van der Waals surface area contributed by atoms with Crippen molar-refractivity contribution in [1.29, 1.82) is 0 Å². The number of nitrogens with one attached hydrogen (secondary N) is 1. The van der Waals surface area contributed by atoms with Gasteiger partial charge in [-0.25, -0.2) is 0 Å². The van der Waals surface area contributed by atoms with Crippen molar-refractivity contribution in [2.75, 3.05) is 18.5 Å². The number of ether oxygens (including phenoxy) is 2. The van der Waals surface area contributed by atoms with Crippen LogP contribution in [0.15, 0.2) is 29.9 Å². The Morgan fingerprint density at radius 2 is 2.26 bits per heavy atom. The summed E-state index contributed by atoms with van der Waals surface area (Å²) in [6.07, 6.45) is 4.14. The molecule has 122 valence electrons. The van der Waals surface area contributed by atoms with Crippen molar-refractivity contribution < 1.29 is 14.3 Å².